The van der Waals surface area contributed by atoms with Crippen LogP contribution in [0.5, 0.6) is 11.6 Å². The van der Waals surface area contributed by atoms with Crippen molar-refractivity contribution >= 4 is 28.6 Å². The Bertz CT molecular complexity index is 1400. The molecule has 5 aromatic rings. The van der Waals surface area contributed by atoms with E-state index >= 15 is 0 Å². The number of hydrogen-bond acceptors (Lipinski definition) is 7. The van der Waals surface area contributed by atoms with E-state index in [4.69, 9.17) is 4.74 Å². The van der Waals surface area contributed by atoms with E-state index in [1.54, 1.807) is 55.8 Å². The van der Waals surface area contributed by atoms with Crippen LogP contribution in [0.3, 0.4) is 0 Å². The fraction of sp³-hybridized carbons (Fsp3) is 0.0435. The summed E-state index contributed by atoms with van der Waals surface area (Å²) in [6, 6.07) is 14.7. The zero-order valence-electron chi connectivity index (χ0n) is 17.3. The predicted molar refractivity (Wildman–Crippen MR) is 121 cm³/mol. The SMILES string of the molecule is CNc1nccc(-c2cccnc2Oc2ccc(Nc3nc4cc(F)c(F)cc4[nH]3)cc2)n1. The molecule has 164 valence electrons. The largest absolute Gasteiger partial charge is 0.438 e. The second kappa shape index (κ2) is 8.50. The number of rotatable bonds is 6. The summed E-state index contributed by atoms with van der Waals surface area (Å²) in [6.07, 6.45) is 3.30. The summed E-state index contributed by atoms with van der Waals surface area (Å²) < 4.78 is 32.8. The van der Waals surface area contributed by atoms with Gasteiger partial charge in [0.15, 0.2) is 11.6 Å². The molecule has 5 rings (SSSR count). The Balaban J connectivity index is 1.35. The Labute approximate surface area is 186 Å². The third-order valence-corrected chi connectivity index (χ3v) is 4.78. The summed E-state index contributed by atoms with van der Waals surface area (Å²) in [4.78, 5) is 20.1. The first kappa shape index (κ1) is 20.3. The van der Waals surface area contributed by atoms with Crippen molar-refractivity contribution in [2.45, 2.75) is 0 Å². The van der Waals surface area contributed by atoms with Gasteiger partial charge in [-0.1, -0.05) is 0 Å². The Hall–Kier alpha value is -4.60. The fourth-order valence-corrected chi connectivity index (χ4v) is 3.22. The van der Waals surface area contributed by atoms with Crippen LogP contribution in [-0.2, 0) is 0 Å². The molecule has 3 aromatic heterocycles. The number of ether oxygens (including phenoxy) is 1. The van der Waals surface area contributed by atoms with Crippen LogP contribution in [0.15, 0.2) is 67.0 Å². The fourth-order valence-electron chi connectivity index (χ4n) is 3.22. The number of fused-ring (bicyclic) bond motifs is 1. The van der Waals surface area contributed by atoms with E-state index in [-0.39, 0.29) is 0 Å². The van der Waals surface area contributed by atoms with Crippen LogP contribution in [-0.4, -0.2) is 32.0 Å². The number of aromatic nitrogens is 5. The van der Waals surface area contributed by atoms with Gasteiger partial charge in [0.05, 0.1) is 22.3 Å². The number of nitrogens with one attached hydrogen (secondary N) is 3. The number of nitrogens with zero attached hydrogens (tertiary/aromatic N) is 4. The average Bonchev–Trinajstić information content (AvgIpc) is 3.21. The van der Waals surface area contributed by atoms with E-state index in [1.807, 2.05) is 6.07 Å². The lowest BCUT2D eigenvalue weighted by Crippen LogP contribution is -1.98. The molecule has 0 atom stereocenters. The summed E-state index contributed by atoms with van der Waals surface area (Å²) in [5, 5.41) is 5.98. The Kier molecular flexibility index (Phi) is 5.23. The highest BCUT2D eigenvalue weighted by Crippen LogP contribution is 2.31. The Morgan fingerprint density at radius 3 is 2.55 bits per heavy atom. The summed E-state index contributed by atoms with van der Waals surface area (Å²) in [5.41, 5.74) is 2.82. The van der Waals surface area contributed by atoms with Gasteiger partial charge >= 0.3 is 0 Å². The van der Waals surface area contributed by atoms with E-state index in [0.717, 1.165) is 17.7 Å². The zero-order chi connectivity index (χ0) is 22.8. The van der Waals surface area contributed by atoms with Gasteiger partial charge in [0.1, 0.15) is 5.75 Å². The molecule has 2 aromatic carbocycles. The second-order valence-corrected chi connectivity index (χ2v) is 6.99. The van der Waals surface area contributed by atoms with Crippen LogP contribution in [0, 0.1) is 11.6 Å². The van der Waals surface area contributed by atoms with Crippen molar-refractivity contribution in [2.75, 3.05) is 17.7 Å². The predicted octanol–water partition coefficient (Wildman–Crippen LogP) is 5.27. The van der Waals surface area contributed by atoms with Gasteiger partial charge in [-0.3, -0.25) is 0 Å². The summed E-state index contributed by atoms with van der Waals surface area (Å²) in [6.45, 7) is 0. The minimum absolute atomic E-state index is 0.324. The maximum absolute atomic E-state index is 13.4. The molecule has 0 spiro atoms. The number of hydrogen-bond donors (Lipinski definition) is 3. The van der Waals surface area contributed by atoms with Crippen LogP contribution in [0.2, 0.25) is 0 Å². The Morgan fingerprint density at radius 1 is 0.909 bits per heavy atom. The molecule has 0 saturated carbocycles. The molecule has 0 fully saturated rings. The number of anilines is 3. The van der Waals surface area contributed by atoms with Crippen LogP contribution < -0.4 is 15.4 Å². The maximum atomic E-state index is 13.4. The maximum Gasteiger partial charge on any atom is 0.228 e. The van der Waals surface area contributed by atoms with Crippen molar-refractivity contribution in [3.05, 3.63) is 78.6 Å². The molecule has 33 heavy (non-hydrogen) atoms. The van der Waals surface area contributed by atoms with Gasteiger partial charge in [0.25, 0.3) is 0 Å². The lowest BCUT2D eigenvalue weighted by atomic mass is 10.2. The first-order valence-electron chi connectivity index (χ1n) is 9.95. The number of H-pyrrole nitrogens is 1. The molecule has 0 unspecified atom stereocenters. The highest BCUT2D eigenvalue weighted by atomic mass is 19.2. The summed E-state index contributed by atoms with van der Waals surface area (Å²) in [7, 11) is 1.75. The first-order chi connectivity index (χ1) is 16.1. The van der Waals surface area contributed by atoms with Crippen molar-refractivity contribution in [1.82, 2.24) is 24.9 Å². The van der Waals surface area contributed by atoms with Gasteiger partial charge in [-0.05, 0) is 42.5 Å². The van der Waals surface area contributed by atoms with Crippen molar-refractivity contribution in [3.63, 3.8) is 0 Å². The van der Waals surface area contributed by atoms with Gasteiger partial charge in [-0.15, -0.1) is 0 Å². The molecule has 0 aliphatic rings. The molecule has 0 aliphatic carbocycles. The molecule has 0 bridgehead atoms. The standard InChI is InChI=1S/C23H17F2N7O/c1-26-22-28-10-8-18(30-22)15-3-2-9-27-21(15)33-14-6-4-13(5-7-14)29-23-31-19-11-16(24)17(25)12-20(19)32-23/h2-12H,1H3,(H,26,28,30)(H2,29,31,32). The van der Waals surface area contributed by atoms with Crippen molar-refractivity contribution in [3.8, 4) is 22.9 Å². The van der Waals surface area contributed by atoms with Crippen molar-refractivity contribution in [2.24, 2.45) is 0 Å². The van der Waals surface area contributed by atoms with Crippen LogP contribution >= 0.6 is 0 Å². The Morgan fingerprint density at radius 2 is 1.73 bits per heavy atom. The second-order valence-electron chi connectivity index (χ2n) is 6.99. The van der Waals surface area contributed by atoms with Crippen LogP contribution in [0.4, 0.5) is 26.4 Å². The number of benzene rings is 2. The lowest BCUT2D eigenvalue weighted by Gasteiger charge is -2.11. The summed E-state index contributed by atoms with van der Waals surface area (Å²) in [5.74, 6) is -0.0525. The third kappa shape index (κ3) is 4.26. The average molecular weight is 445 g/mol. The number of halogens is 2. The van der Waals surface area contributed by atoms with Crippen molar-refractivity contribution in [1.29, 1.82) is 0 Å². The molecule has 3 N–H and O–H groups in total. The molecule has 0 saturated heterocycles. The van der Waals surface area contributed by atoms with E-state index in [9.17, 15) is 8.78 Å². The minimum atomic E-state index is -0.944. The monoisotopic (exact) mass is 445 g/mol. The lowest BCUT2D eigenvalue weighted by molar-refractivity contribution is 0.465. The first-order valence-corrected chi connectivity index (χ1v) is 9.95. The molecule has 0 amide bonds. The zero-order valence-corrected chi connectivity index (χ0v) is 17.3. The number of imidazole rings is 1. The molecule has 0 radical (unpaired) electrons. The normalized spacial score (nSPS) is 10.9. The molecule has 3 heterocycles. The molecular formula is C23H17F2N7O. The number of aromatic amines is 1. The van der Waals surface area contributed by atoms with E-state index in [0.29, 0.717) is 45.9 Å². The van der Waals surface area contributed by atoms with Gasteiger partial charge < -0.3 is 20.4 Å². The molecular weight excluding hydrogens is 428 g/mol. The minimum Gasteiger partial charge on any atom is -0.438 e. The van der Waals surface area contributed by atoms with Gasteiger partial charge in [-0.25, -0.2) is 28.7 Å². The van der Waals surface area contributed by atoms with E-state index < -0.39 is 11.6 Å². The molecule has 10 heteroatoms. The van der Waals surface area contributed by atoms with Gasteiger partial charge in [0.2, 0.25) is 17.8 Å². The van der Waals surface area contributed by atoms with Crippen LogP contribution in [0.1, 0.15) is 0 Å². The van der Waals surface area contributed by atoms with Gasteiger partial charge in [0, 0.05) is 37.3 Å². The van der Waals surface area contributed by atoms with Crippen LogP contribution in [0.25, 0.3) is 22.3 Å². The summed E-state index contributed by atoms with van der Waals surface area (Å²) >= 11 is 0. The van der Waals surface area contributed by atoms with E-state index in [2.05, 4.69) is 35.6 Å². The highest BCUT2D eigenvalue weighted by molar-refractivity contribution is 5.78. The van der Waals surface area contributed by atoms with Crippen molar-refractivity contribution < 1.29 is 13.5 Å². The quantitative estimate of drug-likeness (QED) is 0.327. The highest BCUT2D eigenvalue weighted by Gasteiger charge is 2.12. The smallest absolute Gasteiger partial charge is 0.228 e. The third-order valence-electron chi connectivity index (χ3n) is 4.78. The molecule has 0 aliphatic heterocycles. The van der Waals surface area contributed by atoms with Gasteiger partial charge in [-0.2, -0.15) is 0 Å². The topological polar surface area (TPSA) is 101 Å². The number of pyridine rings is 1. The molecule has 8 nitrogen and oxygen atoms in total. The van der Waals surface area contributed by atoms with E-state index in [1.165, 1.54) is 0 Å².